The van der Waals surface area contributed by atoms with E-state index < -0.39 is 0 Å². The highest BCUT2D eigenvalue weighted by Gasteiger charge is 2.21. The maximum Gasteiger partial charge on any atom is 0.138 e. The molecule has 9 rings (SSSR count). The lowest BCUT2D eigenvalue weighted by Gasteiger charge is -2.12. The molecule has 0 aliphatic carbocycles. The topological polar surface area (TPSA) is 35.6 Å². The summed E-state index contributed by atoms with van der Waals surface area (Å²) in [5.41, 5.74) is 10.6. The molecule has 4 heteroatoms. The number of benzene rings is 5. The molecule has 0 aliphatic rings. The zero-order chi connectivity index (χ0) is 34.1. The van der Waals surface area contributed by atoms with Crippen LogP contribution in [0, 0.1) is 0 Å². The largest absolute Gasteiger partial charge is 0.337 e. The van der Waals surface area contributed by atoms with Gasteiger partial charge in [0, 0.05) is 39.2 Å². The molecule has 0 amide bonds. The maximum atomic E-state index is 5.40. The molecule has 9 aromatic rings. The molecule has 4 aromatic heterocycles. The number of allylic oxidation sites excluding steroid dienone is 4. The van der Waals surface area contributed by atoms with E-state index in [4.69, 9.17) is 9.97 Å². The molecule has 4 nitrogen and oxygen atoms in total. The van der Waals surface area contributed by atoms with Crippen LogP contribution in [0.15, 0.2) is 176 Å². The number of hydrogen-bond donors (Lipinski definition) is 0. The van der Waals surface area contributed by atoms with E-state index in [1.807, 2.05) is 6.07 Å². The zero-order valence-electron chi connectivity index (χ0n) is 28.4. The highest BCUT2D eigenvalue weighted by atomic mass is 15.1. The molecule has 4 heterocycles. The van der Waals surface area contributed by atoms with Crippen LogP contribution in [0.25, 0.3) is 83.2 Å². The molecule has 0 aliphatic heterocycles. The van der Waals surface area contributed by atoms with Gasteiger partial charge in [-0.3, -0.25) is 4.57 Å². The van der Waals surface area contributed by atoms with Gasteiger partial charge < -0.3 is 4.57 Å². The van der Waals surface area contributed by atoms with Crippen LogP contribution < -0.4 is 0 Å². The normalized spacial score (nSPS) is 12.0. The molecule has 0 unspecified atom stereocenters. The van der Waals surface area contributed by atoms with Crippen molar-refractivity contribution < 1.29 is 0 Å². The third kappa shape index (κ3) is 5.42. The second kappa shape index (κ2) is 13.1. The van der Waals surface area contributed by atoms with Gasteiger partial charge in [0.05, 0.1) is 33.6 Å². The highest BCUT2D eigenvalue weighted by molar-refractivity contribution is 6.25. The van der Waals surface area contributed by atoms with Crippen molar-refractivity contribution in [3.63, 3.8) is 0 Å². The fourth-order valence-corrected chi connectivity index (χ4v) is 7.39. The lowest BCUT2D eigenvalue weighted by atomic mass is 10.0. The van der Waals surface area contributed by atoms with Gasteiger partial charge in [0.2, 0.25) is 0 Å². The quantitative estimate of drug-likeness (QED) is 0.153. The number of fused-ring (bicyclic) bond motifs is 7. The number of para-hydroxylation sites is 2. The highest BCUT2D eigenvalue weighted by Crippen LogP contribution is 2.41. The SMILES string of the molecule is CC/C=C\C=C/Cn1c2ccccc2c2c1ccc1c3ccccc3n(-c3cccc(-c4cc(-c5ccccc5)cc(-c5ccccc5)n4)n3)c12. The van der Waals surface area contributed by atoms with Crippen LogP contribution in [0.5, 0.6) is 0 Å². The summed E-state index contributed by atoms with van der Waals surface area (Å²) in [6, 6.07) is 53.6. The standard InChI is InChI=1S/C47H36N4/c1-2-3-4-5-16-30-50-42-25-14-13-23-38(42)46-44(50)29-28-37-36-22-12-15-26-43(36)51(47(37)46)45-27-17-24-39(49-45)41-32-35(33-18-8-6-9-19-33)31-40(48-41)34-20-10-7-11-21-34/h3-29,31-32H,2,30H2,1H3/b4-3-,16-5-. The first-order valence-corrected chi connectivity index (χ1v) is 17.6. The summed E-state index contributed by atoms with van der Waals surface area (Å²) in [6.45, 7) is 2.94. The molecule has 0 N–H and O–H groups in total. The van der Waals surface area contributed by atoms with E-state index in [0.29, 0.717) is 0 Å². The molecule has 5 aromatic carbocycles. The summed E-state index contributed by atoms with van der Waals surface area (Å²) in [7, 11) is 0. The van der Waals surface area contributed by atoms with E-state index in [2.05, 4.69) is 186 Å². The predicted octanol–water partition coefficient (Wildman–Crippen LogP) is 12.2. The zero-order valence-corrected chi connectivity index (χ0v) is 28.4. The van der Waals surface area contributed by atoms with Gasteiger partial charge in [-0.15, -0.1) is 0 Å². The van der Waals surface area contributed by atoms with Crippen molar-refractivity contribution >= 4 is 43.6 Å². The van der Waals surface area contributed by atoms with E-state index in [-0.39, 0.29) is 0 Å². The van der Waals surface area contributed by atoms with Crippen molar-refractivity contribution in [2.24, 2.45) is 0 Å². The van der Waals surface area contributed by atoms with Gasteiger partial charge in [-0.1, -0.05) is 140 Å². The first-order chi connectivity index (χ1) is 25.3. The number of pyridine rings is 2. The van der Waals surface area contributed by atoms with Crippen LogP contribution in [0.1, 0.15) is 13.3 Å². The van der Waals surface area contributed by atoms with Crippen molar-refractivity contribution in [2.75, 3.05) is 0 Å². The molecule has 244 valence electrons. The van der Waals surface area contributed by atoms with Crippen LogP contribution in [0.2, 0.25) is 0 Å². The predicted molar refractivity (Wildman–Crippen MR) is 214 cm³/mol. The minimum atomic E-state index is 0.782. The van der Waals surface area contributed by atoms with Gasteiger partial charge in [-0.25, -0.2) is 9.97 Å². The number of aromatic nitrogens is 4. The van der Waals surface area contributed by atoms with Crippen LogP contribution in [-0.4, -0.2) is 19.1 Å². The monoisotopic (exact) mass is 656 g/mol. The Hall–Kier alpha value is -6.52. The second-order valence-electron chi connectivity index (χ2n) is 12.8. The Morgan fingerprint density at radius 1 is 0.490 bits per heavy atom. The molecule has 0 radical (unpaired) electrons. The molecular formula is C47H36N4. The van der Waals surface area contributed by atoms with Crippen molar-refractivity contribution in [3.05, 3.63) is 176 Å². The third-order valence-electron chi connectivity index (χ3n) is 9.70. The summed E-state index contributed by atoms with van der Waals surface area (Å²) >= 11 is 0. The fourth-order valence-electron chi connectivity index (χ4n) is 7.39. The molecule has 0 bridgehead atoms. The van der Waals surface area contributed by atoms with Crippen molar-refractivity contribution in [2.45, 2.75) is 19.9 Å². The van der Waals surface area contributed by atoms with E-state index in [1.54, 1.807) is 0 Å². The van der Waals surface area contributed by atoms with Gasteiger partial charge in [-0.2, -0.15) is 0 Å². The van der Waals surface area contributed by atoms with E-state index in [0.717, 1.165) is 58.1 Å². The Kier molecular flexibility index (Phi) is 7.82. The average molecular weight is 657 g/mol. The van der Waals surface area contributed by atoms with Gasteiger partial charge in [0.1, 0.15) is 5.82 Å². The first-order valence-electron chi connectivity index (χ1n) is 17.6. The van der Waals surface area contributed by atoms with E-state index >= 15 is 0 Å². The summed E-state index contributed by atoms with van der Waals surface area (Å²) in [5, 5.41) is 4.89. The van der Waals surface area contributed by atoms with Gasteiger partial charge in [-0.05, 0) is 60.0 Å². The molecule has 0 saturated carbocycles. The second-order valence-corrected chi connectivity index (χ2v) is 12.8. The number of rotatable bonds is 8. The van der Waals surface area contributed by atoms with Gasteiger partial charge in [0.15, 0.2) is 0 Å². The Morgan fingerprint density at radius 2 is 1.18 bits per heavy atom. The van der Waals surface area contributed by atoms with Gasteiger partial charge >= 0.3 is 0 Å². The van der Waals surface area contributed by atoms with Gasteiger partial charge in [0.25, 0.3) is 0 Å². The third-order valence-corrected chi connectivity index (χ3v) is 9.70. The molecule has 0 saturated heterocycles. The molecular weight excluding hydrogens is 621 g/mol. The minimum Gasteiger partial charge on any atom is -0.337 e. The molecule has 0 fully saturated rings. The Labute approximate surface area is 297 Å². The smallest absolute Gasteiger partial charge is 0.138 e. The first kappa shape index (κ1) is 30.5. The Morgan fingerprint density at radius 3 is 1.98 bits per heavy atom. The van der Waals surface area contributed by atoms with E-state index in [1.165, 1.54) is 38.1 Å². The molecule has 51 heavy (non-hydrogen) atoms. The van der Waals surface area contributed by atoms with Crippen molar-refractivity contribution in [1.82, 2.24) is 19.1 Å². The summed E-state index contributed by atoms with van der Waals surface area (Å²) in [4.78, 5) is 10.6. The van der Waals surface area contributed by atoms with Crippen LogP contribution in [0.3, 0.4) is 0 Å². The lowest BCUT2D eigenvalue weighted by Crippen LogP contribution is -2.00. The van der Waals surface area contributed by atoms with Crippen LogP contribution >= 0.6 is 0 Å². The van der Waals surface area contributed by atoms with Crippen LogP contribution in [0.4, 0.5) is 0 Å². The number of nitrogens with zero attached hydrogens (tertiary/aromatic N) is 4. The van der Waals surface area contributed by atoms with Crippen molar-refractivity contribution in [1.29, 1.82) is 0 Å². The lowest BCUT2D eigenvalue weighted by molar-refractivity contribution is 0.899. The molecule has 0 spiro atoms. The Balaban J connectivity index is 1.28. The fraction of sp³-hybridized carbons (Fsp3) is 0.0638. The van der Waals surface area contributed by atoms with Crippen molar-refractivity contribution in [3.8, 4) is 39.6 Å². The summed E-state index contributed by atoms with van der Waals surface area (Å²) in [5.74, 6) is 0.862. The van der Waals surface area contributed by atoms with E-state index in [9.17, 15) is 0 Å². The average Bonchev–Trinajstić information content (AvgIpc) is 3.71. The summed E-state index contributed by atoms with van der Waals surface area (Å²) in [6.07, 6.45) is 9.74. The Bertz CT molecular complexity index is 2690. The minimum absolute atomic E-state index is 0.782. The molecule has 0 atom stereocenters. The van der Waals surface area contributed by atoms with Crippen LogP contribution in [-0.2, 0) is 6.54 Å². The summed E-state index contributed by atoms with van der Waals surface area (Å²) < 4.78 is 4.78. The maximum absolute atomic E-state index is 5.40. The number of hydrogen-bond acceptors (Lipinski definition) is 2.